The average Bonchev–Trinajstić information content (AvgIpc) is 2.07. The van der Waals surface area contributed by atoms with E-state index >= 15 is 0 Å². The highest BCUT2D eigenvalue weighted by Crippen LogP contribution is 2.18. The molecule has 0 aromatic carbocycles. The maximum Gasteiger partial charge on any atom is 0.0469 e. The van der Waals surface area contributed by atoms with Gasteiger partial charge in [0.25, 0.3) is 0 Å². The summed E-state index contributed by atoms with van der Waals surface area (Å²) in [7, 11) is 0. The molecule has 0 amide bonds. The van der Waals surface area contributed by atoms with Crippen LogP contribution in [0.4, 0.5) is 0 Å². The Balaban J connectivity index is 0.00000121. The molecule has 1 aliphatic rings. The van der Waals surface area contributed by atoms with E-state index < -0.39 is 0 Å². The van der Waals surface area contributed by atoms with E-state index in [9.17, 15) is 0 Å². The third kappa shape index (κ3) is 3.72. The Morgan fingerprint density at radius 1 is 1.42 bits per heavy atom. The maximum atomic E-state index is 8.66. The fourth-order valence-electron chi connectivity index (χ4n) is 1.53. The van der Waals surface area contributed by atoms with Crippen LogP contribution in [0.1, 0.15) is 19.3 Å². The largest absolute Gasteiger partial charge is 0.396 e. The molecule has 1 fully saturated rings. The van der Waals surface area contributed by atoms with Crippen molar-refractivity contribution < 1.29 is 9.84 Å². The molecule has 12 heavy (non-hydrogen) atoms. The van der Waals surface area contributed by atoms with Gasteiger partial charge < -0.3 is 15.6 Å². The second-order valence-corrected chi connectivity index (χ2v) is 3.13. The number of rotatable bonds is 3. The maximum absolute atomic E-state index is 8.66. The zero-order valence-electron chi connectivity index (χ0n) is 7.24. The van der Waals surface area contributed by atoms with Gasteiger partial charge in [-0.25, -0.2) is 0 Å². The van der Waals surface area contributed by atoms with E-state index in [4.69, 9.17) is 15.6 Å². The first-order valence-electron chi connectivity index (χ1n) is 4.28. The molecule has 0 radical (unpaired) electrons. The first-order chi connectivity index (χ1) is 5.34. The Kier molecular flexibility index (Phi) is 6.76. The number of hydrogen-bond acceptors (Lipinski definition) is 3. The van der Waals surface area contributed by atoms with Crippen molar-refractivity contribution in [3.05, 3.63) is 0 Å². The summed E-state index contributed by atoms with van der Waals surface area (Å²) in [5, 5.41) is 8.66. The van der Waals surface area contributed by atoms with Crippen molar-refractivity contribution in [3.8, 4) is 0 Å². The smallest absolute Gasteiger partial charge is 0.0469 e. The van der Waals surface area contributed by atoms with Gasteiger partial charge in [-0.15, -0.1) is 12.4 Å². The van der Waals surface area contributed by atoms with Gasteiger partial charge in [-0.1, -0.05) is 0 Å². The molecule has 4 heteroatoms. The van der Waals surface area contributed by atoms with Crippen LogP contribution in [0.25, 0.3) is 0 Å². The molecule has 3 nitrogen and oxygen atoms in total. The summed E-state index contributed by atoms with van der Waals surface area (Å²) in [6.07, 6.45) is 2.84. The van der Waals surface area contributed by atoms with Crippen LogP contribution in [-0.2, 0) is 4.74 Å². The first kappa shape index (κ1) is 12.2. The molecular formula is C8H18ClNO2. The summed E-state index contributed by atoms with van der Waals surface area (Å²) in [6.45, 7) is 1.88. The van der Waals surface area contributed by atoms with Crippen molar-refractivity contribution in [2.24, 2.45) is 11.7 Å². The summed E-state index contributed by atoms with van der Waals surface area (Å²) in [6, 6.07) is 0.170. The molecule has 1 unspecified atom stereocenters. The molecule has 1 rings (SSSR count). The molecule has 1 aliphatic heterocycles. The van der Waals surface area contributed by atoms with Crippen molar-refractivity contribution in [1.82, 2.24) is 0 Å². The SMILES string of the molecule is Cl.NC(CCO)C1CCOCC1. The van der Waals surface area contributed by atoms with Gasteiger partial charge in [0.2, 0.25) is 0 Å². The Labute approximate surface area is 79.7 Å². The van der Waals surface area contributed by atoms with Gasteiger partial charge >= 0.3 is 0 Å². The average molecular weight is 196 g/mol. The number of aliphatic hydroxyl groups is 1. The highest BCUT2D eigenvalue weighted by Gasteiger charge is 2.19. The van der Waals surface area contributed by atoms with E-state index in [1.54, 1.807) is 0 Å². The van der Waals surface area contributed by atoms with Gasteiger partial charge in [-0.05, 0) is 25.2 Å². The minimum absolute atomic E-state index is 0. The topological polar surface area (TPSA) is 55.5 Å². The second-order valence-electron chi connectivity index (χ2n) is 3.13. The molecule has 1 heterocycles. The Bertz CT molecular complexity index is 107. The lowest BCUT2D eigenvalue weighted by Crippen LogP contribution is -2.34. The van der Waals surface area contributed by atoms with E-state index in [1.165, 1.54) is 0 Å². The Morgan fingerprint density at radius 3 is 2.50 bits per heavy atom. The Morgan fingerprint density at radius 2 is 2.00 bits per heavy atom. The van der Waals surface area contributed by atoms with Crippen molar-refractivity contribution in [1.29, 1.82) is 0 Å². The van der Waals surface area contributed by atoms with Crippen LogP contribution in [0.2, 0.25) is 0 Å². The fraction of sp³-hybridized carbons (Fsp3) is 1.00. The van der Waals surface area contributed by atoms with Crippen LogP contribution in [0.5, 0.6) is 0 Å². The second kappa shape index (κ2) is 6.66. The lowest BCUT2D eigenvalue weighted by Gasteiger charge is -2.26. The summed E-state index contributed by atoms with van der Waals surface area (Å²) in [4.78, 5) is 0. The summed E-state index contributed by atoms with van der Waals surface area (Å²) < 4.78 is 5.21. The zero-order chi connectivity index (χ0) is 8.10. The summed E-state index contributed by atoms with van der Waals surface area (Å²) >= 11 is 0. The van der Waals surface area contributed by atoms with Crippen molar-refractivity contribution in [2.45, 2.75) is 25.3 Å². The van der Waals surface area contributed by atoms with E-state index in [0.29, 0.717) is 5.92 Å². The quantitative estimate of drug-likeness (QED) is 0.692. The van der Waals surface area contributed by atoms with Gasteiger partial charge in [0.05, 0.1) is 0 Å². The van der Waals surface area contributed by atoms with Crippen LogP contribution >= 0.6 is 12.4 Å². The molecule has 0 aliphatic carbocycles. The number of halogens is 1. The fourth-order valence-corrected chi connectivity index (χ4v) is 1.53. The highest BCUT2D eigenvalue weighted by atomic mass is 35.5. The predicted octanol–water partition coefficient (Wildman–Crippen LogP) is 0.544. The molecule has 1 atom stereocenters. The van der Waals surface area contributed by atoms with Crippen LogP contribution in [0.3, 0.4) is 0 Å². The normalized spacial score (nSPS) is 21.5. The number of nitrogens with two attached hydrogens (primary N) is 1. The molecule has 74 valence electrons. The predicted molar refractivity (Wildman–Crippen MR) is 50.5 cm³/mol. The monoisotopic (exact) mass is 195 g/mol. The minimum atomic E-state index is 0. The van der Waals surface area contributed by atoms with E-state index in [-0.39, 0.29) is 25.1 Å². The molecule has 0 saturated carbocycles. The molecule has 1 saturated heterocycles. The minimum Gasteiger partial charge on any atom is -0.396 e. The Hall–Kier alpha value is 0.170. The molecule has 3 N–H and O–H groups in total. The van der Waals surface area contributed by atoms with Crippen LogP contribution in [0.15, 0.2) is 0 Å². The van der Waals surface area contributed by atoms with E-state index in [2.05, 4.69) is 0 Å². The number of hydrogen-bond donors (Lipinski definition) is 2. The third-order valence-electron chi connectivity index (χ3n) is 2.33. The van der Waals surface area contributed by atoms with Crippen molar-refractivity contribution in [2.75, 3.05) is 19.8 Å². The van der Waals surface area contributed by atoms with Gasteiger partial charge in [-0.2, -0.15) is 0 Å². The molecular weight excluding hydrogens is 178 g/mol. The van der Waals surface area contributed by atoms with Gasteiger partial charge in [0.1, 0.15) is 0 Å². The number of aliphatic hydroxyl groups excluding tert-OH is 1. The van der Waals surface area contributed by atoms with Crippen LogP contribution in [-0.4, -0.2) is 31.0 Å². The van der Waals surface area contributed by atoms with Crippen LogP contribution in [0, 0.1) is 5.92 Å². The molecule has 0 spiro atoms. The van der Waals surface area contributed by atoms with Gasteiger partial charge in [0, 0.05) is 25.9 Å². The first-order valence-corrected chi connectivity index (χ1v) is 4.28. The standard InChI is InChI=1S/C8H17NO2.ClH/c9-8(1-4-10)7-2-5-11-6-3-7;/h7-8,10H,1-6,9H2;1H. The summed E-state index contributed by atoms with van der Waals surface area (Å²) in [5.74, 6) is 0.566. The van der Waals surface area contributed by atoms with Gasteiger partial charge in [0.15, 0.2) is 0 Å². The highest BCUT2D eigenvalue weighted by molar-refractivity contribution is 5.85. The lowest BCUT2D eigenvalue weighted by molar-refractivity contribution is 0.0553. The van der Waals surface area contributed by atoms with Gasteiger partial charge in [-0.3, -0.25) is 0 Å². The van der Waals surface area contributed by atoms with Crippen molar-refractivity contribution >= 4 is 12.4 Å². The third-order valence-corrected chi connectivity index (χ3v) is 2.33. The summed E-state index contributed by atoms with van der Waals surface area (Å²) in [5.41, 5.74) is 5.84. The number of ether oxygens (including phenoxy) is 1. The van der Waals surface area contributed by atoms with Crippen LogP contribution < -0.4 is 5.73 Å². The molecule has 0 aromatic rings. The zero-order valence-corrected chi connectivity index (χ0v) is 8.05. The molecule has 0 aromatic heterocycles. The molecule has 0 bridgehead atoms. The van der Waals surface area contributed by atoms with Crippen molar-refractivity contribution in [3.63, 3.8) is 0 Å². The van der Waals surface area contributed by atoms with E-state index in [1.807, 2.05) is 0 Å². The van der Waals surface area contributed by atoms with E-state index in [0.717, 1.165) is 32.5 Å². The lowest BCUT2D eigenvalue weighted by atomic mass is 9.91.